The number of aromatic amines is 1. The zero-order chi connectivity index (χ0) is 26.3. The lowest BCUT2D eigenvalue weighted by molar-refractivity contribution is -0.118. The predicted octanol–water partition coefficient (Wildman–Crippen LogP) is 4.07. The number of hydrogen-bond acceptors (Lipinski definition) is 7. The topological polar surface area (TPSA) is 121 Å². The molecule has 6 rings (SSSR count). The minimum Gasteiger partial charge on any atom is -0.381 e. The van der Waals surface area contributed by atoms with Crippen LogP contribution in [0.25, 0.3) is 10.7 Å². The van der Waals surface area contributed by atoms with Crippen molar-refractivity contribution in [2.45, 2.75) is 54.7 Å². The molecular weight excluding hydrogens is 524 g/mol. The van der Waals surface area contributed by atoms with Crippen LogP contribution in [0.4, 0.5) is 4.79 Å². The maximum atomic E-state index is 12.7. The number of thiazole rings is 1. The number of sulfone groups is 1. The molecule has 2 aliphatic heterocycles. The molecule has 9 nitrogen and oxygen atoms in total. The molecule has 3 aliphatic rings. The standard InChI is InChI=1S/C27H30N4O5S2/c32-25-16-31(27(33)30-25)15-19-14-28-26(37-19)24-8-7-23(29-24)22(13-17-9-11-36-12-10-17)18-1-3-20(4-2-18)38(34,35)21-5-6-21/h1-4,7-8,14,17,21-22,29H,5-6,9-13,15-16H2,(H,30,32,33). The summed E-state index contributed by atoms with van der Waals surface area (Å²) in [5, 5.41) is 2.89. The Bertz CT molecular complexity index is 1440. The first-order valence-electron chi connectivity index (χ1n) is 13.0. The third-order valence-electron chi connectivity index (χ3n) is 7.57. The highest BCUT2D eigenvalue weighted by Crippen LogP contribution is 2.38. The maximum Gasteiger partial charge on any atom is 0.324 e. The quantitative estimate of drug-likeness (QED) is 0.385. The third-order valence-corrected chi connectivity index (χ3v) is 10.9. The molecule has 1 unspecified atom stereocenters. The Labute approximate surface area is 225 Å². The van der Waals surface area contributed by atoms with Gasteiger partial charge in [0.05, 0.1) is 22.4 Å². The Morgan fingerprint density at radius 1 is 1.05 bits per heavy atom. The Morgan fingerprint density at radius 3 is 2.50 bits per heavy atom. The van der Waals surface area contributed by atoms with E-state index in [4.69, 9.17) is 4.74 Å². The average molecular weight is 555 g/mol. The fourth-order valence-electron chi connectivity index (χ4n) is 5.26. The van der Waals surface area contributed by atoms with Gasteiger partial charge < -0.3 is 14.6 Å². The number of nitrogens with zero attached hydrogens (tertiary/aromatic N) is 2. The largest absolute Gasteiger partial charge is 0.381 e. The number of hydrogen-bond donors (Lipinski definition) is 2. The summed E-state index contributed by atoms with van der Waals surface area (Å²) in [5.41, 5.74) is 3.04. The van der Waals surface area contributed by atoms with Crippen molar-refractivity contribution in [3.05, 3.63) is 58.7 Å². The molecule has 1 atom stereocenters. The number of carbonyl (C=O) groups excluding carboxylic acids is 2. The van der Waals surface area contributed by atoms with E-state index in [0.717, 1.165) is 72.2 Å². The molecule has 200 valence electrons. The van der Waals surface area contributed by atoms with Crippen molar-refractivity contribution in [1.29, 1.82) is 0 Å². The molecule has 38 heavy (non-hydrogen) atoms. The molecule has 3 amide bonds. The van der Waals surface area contributed by atoms with Gasteiger partial charge in [0.2, 0.25) is 5.91 Å². The summed E-state index contributed by atoms with van der Waals surface area (Å²) < 4.78 is 31.0. The van der Waals surface area contributed by atoms with Crippen LogP contribution in [0.15, 0.2) is 47.5 Å². The molecule has 2 aromatic heterocycles. The number of rotatable bonds is 9. The molecule has 2 N–H and O–H groups in total. The summed E-state index contributed by atoms with van der Waals surface area (Å²) in [6.07, 6.45) is 6.22. The van der Waals surface area contributed by atoms with Crippen molar-refractivity contribution in [3.63, 3.8) is 0 Å². The van der Waals surface area contributed by atoms with Crippen LogP contribution in [0.2, 0.25) is 0 Å². The summed E-state index contributed by atoms with van der Waals surface area (Å²) in [6, 6.07) is 11.2. The van der Waals surface area contributed by atoms with Gasteiger partial charge in [-0.3, -0.25) is 10.1 Å². The number of imide groups is 1. The van der Waals surface area contributed by atoms with Crippen LogP contribution in [-0.2, 0) is 25.9 Å². The highest BCUT2D eigenvalue weighted by Gasteiger charge is 2.37. The predicted molar refractivity (Wildman–Crippen MR) is 143 cm³/mol. The van der Waals surface area contributed by atoms with E-state index >= 15 is 0 Å². The fourth-order valence-corrected chi connectivity index (χ4v) is 7.83. The molecule has 4 heterocycles. The second-order valence-electron chi connectivity index (χ2n) is 10.3. The Balaban J connectivity index is 1.23. The van der Waals surface area contributed by atoms with Gasteiger partial charge in [-0.25, -0.2) is 18.2 Å². The van der Waals surface area contributed by atoms with E-state index < -0.39 is 9.84 Å². The molecule has 3 fully saturated rings. The van der Waals surface area contributed by atoms with E-state index in [1.165, 1.54) is 16.2 Å². The molecule has 3 aromatic rings. The second-order valence-corrected chi connectivity index (χ2v) is 13.7. The van der Waals surface area contributed by atoms with Crippen LogP contribution in [0.3, 0.4) is 0 Å². The lowest BCUT2D eigenvalue weighted by Gasteiger charge is -2.27. The van der Waals surface area contributed by atoms with Crippen LogP contribution in [0.5, 0.6) is 0 Å². The van der Waals surface area contributed by atoms with Gasteiger partial charge in [0.1, 0.15) is 11.6 Å². The van der Waals surface area contributed by atoms with E-state index in [0.29, 0.717) is 17.4 Å². The zero-order valence-electron chi connectivity index (χ0n) is 20.9. The summed E-state index contributed by atoms with van der Waals surface area (Å²) in [4.78, 5) is 34.3. The SMILES string of the molecule is O=C1CN(Cc2cnc(-c3ccc(C(CC4CCOCC4)c4ccc(S(=O)(=O)C5CC5)cc4)[nH]3)s2)C(=O)N1. The maximum absolute atomic E-state index is 12.7. The molecule has 1 aromatic carbocycles. The van der Waals surface area contributed by atoms with Gasteiger partial charge in [-0.2, -0.15) is 0 Å². The van der Waals surface area contributed by atoms with Gasteiger partial charge in [-0.05, 0) is 67.9 Å². The van der Waals surface area contributed by atoms with Crippen molar-refractivity contribution in [2.24, 2.45) is 5.92 Å². The van der Waals surface area contributed by atoms with Gasteiger partial charge in [-0.15, -0.1) is 11.3 Å². The minimum atomic E-state index is -3.22. The molecule has 0 bridgehead atoms. The van der Waals surface area contributed by atoms with Crippen molar-refractivity contribution in [3.8, 4) is 10.7 Å². The molecule has 11 heteroatoms. The number of H-pyrrole nitrogens is 1. The van der Waals surface area contributed by atoms with Crippen molar-refractivity contribution in [1.82, 2.24) is 20.2 Å². The molecule has 1 saturated carbocycles. The van der Waals surface area contributed by atoms with Crippen LogP contribution < -0.4 is 5.32 Å². The molecule has 0 spiro atoms. The van der Waals surface area contributed by atoms with Crippen molar-refractivity contribution in [2.75, 3.05) is 19.8 Å². The molecule has 1 aliphatic carbocycles. The highest BCUT2D eigenvalue weighted by atomic mass is 32.2. The van der Waals surface area contributed by atoms with Gasteiger partial charge in [0, 0.05) is 35.9 Å². The summed E-state index contributed by atoms with van der Waals surface area (Å²) in [7, 11) is -3.22. The second kappa shape index (κ2) is 10.3. The summed E-state index contributed by atoms with van der Waals surface area (Å²) in [6.45, 7) is 1.95. The van der Waals surface area contributed by atoms with E-state index in [9.17, 15) is 18.0 Å². The Morgan fingerprint density at radius 2 is 1.82 bits per heavy atom. The number of aromatic nitrogens is 2. The van der Waals surface area contributed by atoms with Crippen LogP contribution in [-0.4, -0.2) is 60.2 Å². The first kappa shape index (κ1) is 25.3. The lowest BCUT2D eigenvalue weighted by atomic mass is 9.83. The van der Waals surface area contributed by atoms with Crippen molar-refractivity contribution >= 4 is 33.1 Å². The smallest absolute Gasteiger partial charge is 0.324 e. The third kappa shape index (κ3) is 5.27. The van der Waals surface area contributed by atoms with Gasteiger partial charge in [-0.1, -0.05) is 12.1 Å². The van der Waals surface area contributed by atoms with Crippen molar-refractivity contribution < 1.29 is 22.7 Å². The number of carbonyl (C=O) groups is 2. The van der Waals surface area contributed by atoms with E-state index in [1.807, 2.05) is 18.2 Å². The Kier molecular flexibility index (Phi) is 6.83. The number of benzene rings is 1. The minimum absolute atomic E-state index is 0.0628. The zero-order valence-corrected chi connectivity index (χ0v) is 22.5. The average Bonchev–Trinajstić information content (AvgIpc) is 3.36. The first-order valence-corrected chi connectivity index (χ1v) is 15.4. The van der Waals surface area contributed by atoms with Gasteiger partial charge >= 0.3 is 6.03 Å². The molecular formula is C27H30N4O5S2. The van der Waals surface area contributed by atoms with Crippen LogP contribution >= 0.6 is 11.3 Å². The fraction of sp³-hybridized carbons (Fsp3) is 0.444. The van der Waals surface area contributed by atoms with E-state index in [1.54, 1.807) is 18.3 Å². The Hall–Kier alpha value is -3.02. The van der Waals surface area contributed by atoms with Crippen LogP contribution in [0, 0.1) is 5.92 Å². The van der Waals surface area contributed by atoms with Gasteiger partial charge in [0.25, 0.3) is 0 Å². The summed E-state index contributed by atoms with van der Waals surface area (Å²) in [5.74, 6) is 0.321. The number of ether oxygens (including phenoxy) is 1. The number of nitrogens with one attached hydrogen (secondary N) is 2. The van der Waals surface area contributed by atoms with E-state index in [2.05, 4.69) is 21.4 Å². The number of amides is 3. The van der Waals surface area contributed by atoms with Gasteiger partial charge in [0.15, 0.2) is 9.84 Å². The number of urea groups is 1. The van der Waals surface area contributed by atoms with Crippen LogP contribution in [0.1, 0.15) is 54.2 Å². The lowest BCUT2D eigenvalue weighted by Crippen LogP contribution is -2.27. The molecule has 0 radical (unpaired) electrons. The first-order chi connectivity index (χ1) is 18.4. The van der Waals surface area contributed by atoms with E-state index in [-0.39, 0.29) is 29.7 Å². The normalized spacial score (nSPS) is 19.6. The molecule has 2 saturated heterocycles. The highest BCUT2D eigenvalue weighted by molar-refractivity contribution is 7.92. The summed E-state index contributed by atoms with van der Waals surface area (Å²) >= 11 is 1.49. The monoisotopic (exact) mass is 554 g/mol.